The molecule has 27 heavy (non-hydrogen) atoms. The summed E-state index contributed by atoms with van der Waals surface area (Å²) >= 11 is 1.73. The molecule has 0 atom stereocenters. The normalized spacial score (nSPS) is 14.7. The molecule has 7 heteroatoms. The molecule has 1 saturated heterocycles. The van der Waals surface area contributed by atoms with Crippen LogP contribution in [0.2, 0.25) is 0 Å². The predicted octanol–water partition coefficient (Wildman–Crippen LogP) is 2.69. The number of carbonyl (C=O) groups is 1. The van der Waals surface area contributed by atoms with Crippen molar-refractivity contribution in [1.29, 1.82) is 0 Å². The number of amides is 1. The van der Waals surface area contributed by atoms with Gasteiger partial charge in [0.25, 0.3) is 0 Å². The number of thiazole rings is 1. The average molecular weight is 386 g/mol. The average Bonchev–Trinajstić information content (AvgIpc) is 3.32. The van der Waals surface area contributed by atoms with Gasteiger partial charge in [0.2, 0.25) is 5.91 Å². The third kappa shape index (κ3) is 5.53. The van der Waals surface area contributed by atoms with Crippen LogP contribution in [0.4, 0.5) is 0 Å². The highest BCUT2D eigenvalue weighted by Gasteiger charge is 2.19. The van der Waals surface area contributed by atoms with Crippen LogP contribution in [0.3, 0.4) is 0 Å². The number of guanidine groups is 1. The first kappa shape index (κ1) is 19.4. The number of hydrogen-bond donors (Lipinski definition) is 2. The van der Waals surface area contributed by atoms with E-state index in [1.165, 1.54) is 16.0 Å². The minimum atomic E-state index is 0.266. The van der Waals surface area contributed by atoms with Gasteiger partial charge < -0.3 is 15.5 Å². The smallest absolute Gasteiger partial charge is 0.222 e. The molecule has 0 radical (unpaired) electrons. The van der Waals surface area contributed by atoms with Crippen molar-refractivity contribution >= 4 is 23.2 Å². The van der Waals surface area contributed by atoms with E-state index in [4.69, 9.17) is 0 Å². The summed E-state index contributed by atoms with van der Waals surface area (Å²) in [5.74, 6) is 1.02. The molecule has 3 rings (SSSR count). The molecule has 1 aromatic heterocycles. The van der Waals surface area contributed by atoms with Crippen molar-refractivity contribution in [3.05, 3.63) is 51.5 Å². The molecule has 1 aliphatic heterocycles. The molecule has 0 unspecified atom stereocenters. The zero-order chi connectivity index (χ0) is 19.1. The fourth-order valence-corrected chi connectivity index (χ4v) is 3.82. The van der Waals surface area contributed by atoms with Gasteiger partial charge in [0.15, 0.2) is 5.96 Å². The van der Waals surface area contributed by atoms with Crippen LogP contribution in [0.1, 0.15) is 40.8 Å². The van der Waals surface area contributed by atoms with Crippen LogP contribution >= 0.6 is 11.3 Å². The van der Waals surface area contributed by atoms with Crippen LogP contribution in [0.25, 0.3) is 0 Å². The van der Waals surface area contributed by atoms with E-state index in [0.717, 1.165) is 30.4 Å². The first-order valence-electron chi connectivity index (χ1n) is 9.41. The number of aliphatic imine (C=N–C) groups is 1. The van der Waals surface area contributed by atoms with E-state index in [-0.39, 0.29) is 5.91 Å². The molecule has 1 amide bonds. The van der Waals surface area contributed by atoms with Gasteiger partial charge in [0.05, 0.1) is 6.54 Å². The Morgan fingerprint density at radius 1 is 1.22 bits per heavy atom. The second-order valence-electron chi connectivity index (χ2n) is 6.59. The number of hydrogen-bond acceptors (Lipinski definition) is 4. The van der Waals surface area contributed by atoms with Crippen molar-refractivity contribution in [1.82, 2.24) is 20.5 Å². The lowest BCUT2D eigenvalue weighted by Crippen LogP contribution is -2.36. The Kier molecular flexibility index (Phi) is 6.81. The highest BCUT2D eigenvalue weighted by atomic mass is 32.1. The van der Waals surface area contributed by atoms with E-state index in [1.807, 2.05) is 11.1 Å². The molecular weight excluding hydrogens is 358 g/mol. The maximum Gasteiger partial charge on any atom is 0.222 e. The number of aryl methyl sites for hydroxylation is 1. The first-order valence-corrected chi connectivity index (χ1v) is 10.2. The summed E-state index contributed by atoms with van der Waals surface area (Å²) in [6.07, 6.45) is 4.63. The van der Waals surface area contributed by atoms with Gasteiger partial charge in [-0.25, -0.2) is 4.98 Å². The molecule has 1 aromatic carbocycles. The van der Waals surface area contributed by atoms with Crippen LogP contribution in [0.5, 0.6) is 0 Å². The number of nitrogens with one attached hydrogen (secondary N) is 2. The van der Waals surface area contributed by atoms with Crippen LogP contribution < -0.4 is 10.6 Å². The van der Waals surface area contributed by atoms with E-state index >= 15 is 0 Å². The van der Waals surface area contributed by atoms with Gasteiger partial charge in [-0.3, -0.25) is 9.79 Å². The predicted molar refractivity (Wildman–Crippen MR) is 110 cm³/mol. The number of benzene rings is 1. The van der Waals surface area contributed by atoms with Gasteiger partial charge in [-0.05, 0) is 24.0 Å². The topological polar surface area (TPSA) is 69.6 Å². The van der Waals surface area contributed by atoms with Gasteiger partial charge in [-0.2, -0.15) is 0 Å². The lowest BCUT2D eigenvalue weighted by atomic mass is 10.1. The van der Waals surface area contributed by atoms with Crippen molar-refractivity contribution in [3.8, 4) is 0 Å². The summed E-state index contributed by atoms with van der Waals surface area (Å²) in [4.78, 5) is 23.6. The fourth-order valence-electron chi connectivity index (χ4n) is 3.01. The zero-order valence-corrected chi connectivity index (χ0v) is 16.8. The second kappa shape index (κ2) is 9.50. The molecule has 2 N–H and O–H groups in total. The Morgan fingerprint density at radius 3 is 2.59 bits per heavy atom. The number of rotatable bonds is 7. The molecule has 2 heterocycles. The van der Waals surface area contributed by atoms with E-state index < -0.39 is 0 Å². The lowest BCUT2D eigenvalue weighted by Gasteiger charge is -2.16. The van der Waals surface area contributed by atoms with Gasteiger partial charge >= 0.3 is 0 Å². The highest BCUT2D eigenvalue weighted by molar-refractivity contribution is 7.11. The van der Waals surface area contributed by atoms with Crippen molar-refractivity contribution in [2.45, 2.75) is 45.8 Å². The summed E-state index contributed by atoms with van der Waals surface area (Å²) in [6, 6.07) is 8.40. The standard InChI is InChI=1S/C20H27N5OS/c1-3-17-12-22-18(27-17)13-24-20(21-2)23-11-15-6-8-16(9-7-15)14-25-10-4-5-19(25)26/h6-9,12H,3-5,10-11,13-14H2,1-2H3,(H2,21,23,24). The number of carbonyl (C=O) groups excluding carboxylic acids is 1. The fraction of sp³-hybridized carbons (Fsp3) is 0.450. The minimum Gasteiger partial charge on any atom is -0.352 e. The molecule has 0 saturated carbocycles. The Hall–Kier alpha value is -2.41. The van der Waals surface area contributed by atoms with Crippen molar-refractivity contribution in [3.63, 3.8) is 0 Å². The van der Waals surface area contributed by atoms with E-state index in [1.54, 1.807) is 18.4 Å². The maximum atomic E-state index is 11.7. The van der Waals surface area contributed by atoms with Crippen molar-refractivity contribution in [2.24, 2.45) is 4.99 Å². The van der Waals surface area contributed by atoms with E-state index in [0.29, 0.717) is 26.1 Å². The maximum absolute atomic E-state index is 11.7. The van der Waals surface area contributed by atoms with Crippen LogP contribution in [-0.4, -0.2) is 35.3 Å². The molecule has 2 aromatic rings. The molecule has 0 bridgehead atoms. The number of nitrogens with zero attached hydrogens (tertiary/aromatic N) is 3. The zero-order valence-electron chi connectivity index (χ0n) is 16.0. The first-order chi connectivity index (χ1) is 13.2. The third-order valence-corrected chi connectivity index (χ3v) is 5.75. The molecule has 1 aliphatic rings. The summed E-state index contributed by atoms with van der Waals surface area (Å²) in [7, 11) is 1.77. The number of aromatic nitrogens is 1. The summed E-state index contributed by atoms with van der Waals surface area (Å²) in [5.41, 5.74) is 2.35. The van der Waals surface area contributed by atoms with E-state index in [2.05, 4.69) is 51.8 Å². The summed E-state index contributed by atoms with van der Waals surface area (Å²) in [6.45, 7) is 5.10. The van der Waals surface area contributed by atoms with E-state index in [9.17, 15) is 4.79 Å². The van der Waals surface area contributed by atoms with Crippen LogP contribution in [0, 0.1) is 0 Å². The second-order valence-corrected chi connectivity index (χ2v) is 7.79. The minimum absolute atomic E-state index is 0.266. The number of likely N-dealkylation sites (tertiary alicyclic amines) is 1. The quantitative estimate of drug-likeness (QED) is 0.568. The summed E-state index contributed by atoms with van der Waals surface area (Å²) in [5, 5.41) is 7.69. The highest BCUT2D eigenvalue weighted by Crippen LogP contribution is 2.15. The Morgan fingerprint density at radius 2 is 1.96 bits per heavy atom. The monoisotopic (exact) mass is 385 g/mol. The van der Waals surface area contributed by atoms with Gasteiger partial charge in [0, 0.05) is 44.2 Å². The molecule has 144 valence electrons. The largest absolute Gasteiger partial charge is 0.352 e. The van der Waals surface area contributed by atoms with Crippen LogP contribution in [0.15, 0.2) is 35.5 Å². The molecule has 0 aliphatic carbocycles. The Labute approximate surface area is 164 Å². The van der Waals surface area contributed by atoms with Crippen molar-refractivity contribution < 1.29 is 4.79 Å². The third-order valence-electron chi connectivity index (χ3n) is 4.61. The molecule has 1 fully saturated rings. The Bertz CT molecular complexity index is 784. The van der Waals surface area contributed by atoms with Gasteiger partial charge in [-0.1, -0.05) is 31.2 Å². The lowest BCUT2D eigenvalue weighted by molar-refractivity contribution is -0.128. The molecular formula is C20H27N5OS. The van der Waals surface area contributed by atoms with Crippen LogP contribution in [-0.2, 0) is 30.8 Å². The molecule has 0 spiro atoms. The Balaban J connectivity index is 1.45. The van der Waals surface area contributed by atoms with Gasteiger partial charge in [-0.15, -0.1) is 11.3 Å². The SMILES string of the molecule is CCc1cnc(CNC(=NC)NCc2ccc(CN3CCCC3=O)cc2)s1. The summed E-state index contributed by atoms with van der Waals surface area (Å²) < 4.78 is 0. The van der Waals surface area contributed by atoms with Crippen molar-refractivity contribution in [2.75, 3.05) is 13.6 Å². The molecule has 6 nitrogen and oxygen atoms in total. The van der Waals surface area contributed by atoms with Gasteiger partial charge in [0.1, 0.15) is 5.01 Å².